The topological polar surface area (TPSA) is 55.9 Å². The third-order valence-electron chi connectivity index (χ3n) is 8.51. The van der Waals surface area contributed by atoms with Gasteiger partial charge >= 0.3 is 6.18 Å². The number of amides is 2. The molecule has 34 heavy (non-hydrogen) atoms. The molecule has 0 unspecified atom stereocenters. The van der Waals surface area contributed by atoms with Crippen LogP contribution in [0.2, 0.25) is 0 Å². The standard InChI is InChI=1S/C25H33F3N4O2/c1-30(19-3-2-4-19)20-13-21-23(34)29-24(14-22(33)32(21)16-20)9-11-31(12-10-24)15-17-5-7-18(8-6-17)25(26,27)28/h5-8,19-21H,2-4,9-16H2,1H3,(H,29,34)/t20-,21-/m0/s1. The summed E-state index contributed by atoms with van der Waals surface area (Å²) in [6.07, 6.45) is 1.67. The van der Waals surface area contributed by atoms with Crippen LogP contribution in [-0.2, 0) is 22.3 Å². The lowest BCUT2D eigenvalue weighted by Crippen LogP contribution is -2.56. The first kappa shape index (κ1) is 23.6. The smallest absolute Gasteiger partial charge is 0.348 e. The maximum atomic E-state index is 13.2. The van der Waals surface area contributed by atoms with E-state index in [0.717, 1.165) is 17.7 Å². The molecular weight excluding hydrogens is 445 g/mol. The Morgan fingerprint density at radius 1 is 1.09 bits per heavy atom. The van der Waals surface area contributed by atoms with Crippen molar-refractivity contribution >= 4 is 11.8 Å². The van der Waals surface area contributed by atoms with Crippen LogP contribution in [0.1, 0.15) is 56.1 Å². The van der Waals surface area contributed by atoms with Gasteiger partial charge in [-0.1, -0.05) is 18.6 Å². The van der Waals surface area contributed by atoms with E-state index in [2.05, 4.69) is 22.2 Å². The van der Waals surface area contributed by atoms with Crippen molar-refractivity contribution in [2.45, 2.75) is 81.3 Å². The molecule has 1 spiro atoms. The lowest BCUT2D eigenvalue weighted by Gasteiger charge is -2.41. The van der Waals surface area contributed by atoms with Gasteiger partial charge in [0.2, 0.25) is 11.8 Å². The van der Waals surface area contributed by atoms with Gasteiger partial charge in [-0.15, -0.1) is 0 Å². The molecule has 3 saturated heterocycles. The number of carbonyl (C=O) groups excluding carboxylic acids is 2. The number of hydrogen-bond donors (Lipinski definition) is 1. The molecule has 1 N–H and O–H groups in total. The predicted molar refractivity (Wildman–Crippen MR) is 121 cm³/mol. The molecule has 0 bridgehead atoms. The number of piperidine rings is 1. The monoisotopic (exact) mass is 478 g/mol. The van der Waals surface area contributed by atoms with Gasteiger partial charge in [-0.2, -0.15) is 13.2 Å². The summed E-state index contributed by atoms with van der Waals surface area (Å²) in [7, 11) is 2.12. The Labute approximate surface area is 198 Å². The van der Waals surface area contributed by atoms with E-state index >= 15 is 0 Å². The van der Waals surface area contributed by atoms with E-state index in [-0.39, 0.29) is 23.9 Å². The molecular formula is C25H33F3N4O2. The summed E-state index contributed by atoms with van der Waals surface area (Å²) in [6, 6.07) is 5.72. The first-order valence-corrected chi connectivity index (χ1v) is 12.4. The highest BCUT2D eigenvalue weighted by Crippen LogP contribution is 2.36. The van der Waals surface area contributed by atoms with E-state index < -0.39 is 17.3 Å². The largest absolute Gasteiger partial charge is 0.416 e. The van der Waals surface area contributed by atoms with E-state index in [1.807, 2.05) is 0 Å². The molecule has 1 aromatic rings. The minimum absolute atomic E-state index is 0.0356. The van der Waals surface area contributed by atoms with Crippen molar-refractivity contribution in [1.82, 2.24) is 20.0 Å². The summed E-state index contributed by atoms with van der Waals surface area (Å²) in [4.78, 5) is 32.8. The van der Waals surface area contributed by atoms with Crippen LogP contribution < -0.4 is 5.32 Å². The number of hydrogen-bond acceptors (Lipinski definition) is 4. The Bertz CT molecular complexity index is 895. The third kappa shape index (κ3) is 4.56. The zero-order chi connectivity index (χ0) is 24.1. The molecule has 2 amide bonds. The SMILES string of the molecule is CN(C1CCC1)[C@H]1C[C@H]2C(=O)NC3(CCN(Cc4ccc(C(F)(F)F)cc4)CC3)CC(=O)N2C1. The van der Waals surface area contributed by atoms with Gasteiger partial charge in [0.1, 0.15) is 6.04 Å². The molecule has 6 nitrogen and oxygen atoms in total. The number of benzene rings is 1. The average Bonchev–Trinajstić information content (AvgIpc) is 3.17. The zero-order valence-electron chi connectivity index (χ0n) is 19.6. The van der Waals surface area contributed by atoms with Crippen LogP contribution in [0, 0.1) is 0 Å². The van der Waals surface area contributed by atoms with E-state index in [0.29, 0.717) is 57.9 Å². The molecule has 4 aliphatic rings. The minimum atomic E-state index is -4.33. The van der Waals surface area contributed by atoms with Crippen molar-refractivity contribution in [3.63, 3.8) is 0 Å². The number of carbonyl (C=O) groups is 2. The number of halogens is 3. The summed E-state index contributed by atoms with van der Waals surface area (Å²) in [5.41, 5.74) is -0.341. The second-order valence-corrected chi connectivity index (χ2v) is 10.6. The zero-order valence-corrected chi connectivity index (χ0v) is 19.6. The minimum Gasteiger partial charge on any atom is -0.348 e. The van der Waals surface area contributed by atoms with E-state index in [4.69, 9.17) is 0 Å². The van der Waals surface area contributed by atoms with Gasteiger partial charge in [0, 0.05) is 38.3 Å². The van der Waals surface area contributed by atoms with Crippen molar-refractivity contribution in [3.8, 4) is 0 Å². The van der Waals surface area contributed by atoms with Crippen LogP contribution in [-0.4, -0.2) is 76.9 Å². The van der Waals surface area contributed by atoms with Gasteiger partial charge in [0.25, 0.3) is 0 Å². The van der Waals surface area contributed by atoms with Gasteiger partial charge in [-0.25, -0.2) is 0 Å². The van der Waals surface area contributed by atoms with Gasteiger partial charge in [-0.05, 0) is 56.8 Å². The number of nitrogens with zero attached hydrogens (tertiary/aromatic N) is 3. The van der Waals surface area contributed by atoms with Crippen LogP contribution in [0.25, 0.3) is 0 Å². The molecule has 0 radical (unpaired) electrons. The molecule has 9 heteroatoms. The Hall–Kier alpha value is -2.13. The summed E-state index contributed by atoms with van der Waals surface area (Å²) in [6.45, 7) is 2.55. The van der Waals surface area contributed by atoms with E-state index in [9.17, 15) is 22.8 Å². The highest BCUT2D eigenvalue weighted by Gasteiger charge is 2.50. The number of alkyl halides is 3. The van der Waals surface area contributed by atoms with Crippen molar-refractivity contribution in [3.05, 3.63) is 35.4 Å². The van der Waals surface area contributed by atoms with E-state index in [1.165, 1.54) is 31.4 Å². The van der Waals surface area contributed by atoms with Crippen molar-refractivity contribution in [1.29, 1.82) is 0 Å². The van der Waals surface area contributed by atoms with Crippen LogP contribution in [0.15, 0.2) is 24.3 Å². The second-order valence-electron chi connectivity index (χ2n) is 10.6. The maximum absolute atomic E-state index is 13.2. The molecule has 3 aliphatic heterocycles. The fraction of sp³-hybridized carbons (Fsp3) is 0.680. The third-order valence-corrected chi connectivity index (χ3v) is 8.51. The summed E-state index contributed by atoms with van der Waals surface area (Å²) >= 11 is 0. The van der Waals surface area contributed by atoms with Gasteiger partial charge in [-0.3, -0.25) is 19.4 Å². The first-order chi connectivity index (χ1) is 16.1. The molecule has 1 aliphatic carbocycles. The Morgan fingerprint density at radius 2 is 1.76 bits per heavy atom. The summed E-state index contributed by atoms with van der Waals surface area (Å²) in [5.74, 6) is 0.0237. The van der Waals surface area contributed by atoms with Crippen molar-refractivity contribution in [2.24, 2.45) is 0 Å². The Balaban J connectivity index is 1.18. The number of nitrogens with one attached hydrogen (secondary N) is 1. The van der Waals surface area contributed by atoms with Crippen LogP contribution in [0.5, 0.6) is 0 Å². The number of fused-ring (bicyclic) bond motifs is 1. The lowest BCUT2D eigenvalue weighted by atomic mass is 9.83. The van der Waals surface area contributed by atoms with Crippen molar-refractivity contribution in [2.75, 3.05) is 26.7 Å². The molecule has 1 saturated carbocycles. The number of likely N-dealkylation sites (N-methyl/N-ethyl adjacent to an activating group) is 1. The number of rotatable bonds is 4. The summed E-state index contributed by atoms with van der Waals surface area (Å²) < 4.78 is 38.4. The Kier molecular flexibility index (Phi) is 6.13. The highest BCUT2D eigenvalue weighted by atomic mass is 19.4. The highest BCUT2D eigenvalue weighted by molar-refractivity contribution is 5.92. The molecule has 0 aromatic heterocycles. The maximum Gasteiger partial charge on any atom is 0.416 e. The van der Waals surface area contributed by atoms with E-state index in [1.54, 1.807) is 4.90 Å². The molecule has 3 heterocycles. The van der Waals surface area contributed by atoms with Crippen LogP contribution >= 0.6 is 0 Å². The normalized spacial score (nSPS) is 28.1. The summed E-state index contributed by atoms with van der Waals surface area (Å²) in [5, 5.41) is 3.25. The lowest BCUT2D eigenvalue weighted by molar-refractivity contribution is -0.137. The quantitative estimate of drug-likeness (QED) is 0.723. The molecule has 4 fully saturated rings. The predicted octanol–water partition coefficient (Wildman–Crippen LogP) is 3.01. The van der Waals surface area contributed by atoms with Crippen LogP contribution in [0.4, 0.5) is 13.2 Å². The van der Waals surface area contributed by atoms with Crippen molar-refractivity contribution < 1.29 is 22.8 Å². The molecule has 186 valence electrons. The number of likely N-dealkylation sites (tertiary alicyclic amines) is 1. The van der Waals surface area contributed by atoms with Gasteiger partial charge in [0.15, 0.2) is 0 Å². The molecule has 2 atom stereocenters. The second kappa shape index (κ2) is 8.82. The van der Waals surface area contributed by atoms with Crippen LogP contribution in [0.3, 0.4) is 0 Å². The molecule has 1 aromatic carbocycles. The molecule has 5 rings (SSSR count). The van der Waals surface area contributed by atoms with Gasteiger partial charge < -0.3 is 10.2 Å². The fourth-order valence-electron chi connectivity index (χ4n) is 6.00. The van der Waals surface area contributed by atoms with Gasteiger partial charge in [0.05, 0.1) is 17.5 Å². The first-order valence-electron chi connectivity index (χ1n) is 12.4. The Morgan fingerprint density at radius 3 is 2.35 bits per heavy atom. The fourth-order valence-corrected chi connectivity index (χ4v) is 6.00. The average molecular weight is 479 g/mol.